The Labute approximate surface area is 109 Å². The third-order valence-electron chi connectivity index (χ3n) is 2.89. The Morgan fingerprint density at radius 2 is 1.89 bits per heavy atom. The van der Waals surface area contributed by atoms with Gasteiger partial charge in [-0.05, 0) is 36.2 Å². The molecule has 0 saturated heterocycles. The molecule has 0 unspecified atom stereocenters. The highest BCUT2D eigenvalue weighted by Gasteiger charge is 2.17. The lowest BCUT2D eigenvalue weighted by molar-refractivity contribution is 0.0988. The van der Waals surface area contributed by atoms with Gasteiger partial charge in [-0.3, -0.25) is 4.79 Å². The molecule has 2 rings (SSSR count). The van der Waals surface area contributed by atoms with E-state index in [1.165, 1.54) is 19.1 Å². The van der Waals surface area contributed by atoms with Crippen LogP contribution in [0.25, 0.3) is 0 Å². The molecule has 4 heteroatoms. The summed E-state index contributed by atoms with van der Waals surface area (Å²) in [7, 11) is 0. The molecule has 0 fully saturated rings. The monoisotopic (exact) mass is 261 g/mol. The second-order valence-corrected chi connectivity index (χ2v) is 4.40. The zero-order valence-corrected chi connectivity index (χ0v) is 10.4. The van der Waals surface area contributed by atoms with Crippen LogP contribution in [0.1, 0.15) is 21.5 Å². The van der Waals surface area contributed by atoms with Crippen molar-refractivity contribution in [3.05, 3.63) is 64.7 Å². The van der Waals surface area contributed by atoms with E-state index in [0.717, 1.165) is 0 Å². The lowest BCUT2D eigenvalue weighted by Crippen LogP contribution is -2.08. The standard InChI is InChI=1S/C15H13F2NO/c1-9-5-6-12(15(17)14(9)16)13(19)8-10-3-2-4-11(18)7-10/h2-7H,8,18H2,1H3. The van der Waals surface area contributed by atoms with Crippen LogP contribution >= 0.6 is 0 Å². The number of ketones is 1. The van der Waals surface area contributed by atoms with Gasteiger partial charge >= 0.3 is 0 Å². The van der Waals surface area contributed by atoms with Crippen LogP contribution in [0.4, 0.5) is 14.5 Å². The third kappa shape index (κ3) is 2.78. The molecule has 19 heavy (non-hydrogen) atoms. The molecule has 2 N–H and O–H groups in total. The number of halogens is 2. The largest absolute Gasteiger partial charge is 0.399 e. The number of Topliss-reactive ketones (excluding diaryl/α,β-unsaturated/α-hetero) is 1. The molecule has 2 aromatic carbocycles. The number of carbonyl (C=O) groups excluding carboxylic acids is 1. The SMILES string of the molecule is Cc1ccc(C(=O)Cc2cccc(N)c2)c(F)c1F. The van der Waals surface area contributed by atoms with Crippen LogP contribution in [-0.2, 0) is 6.42 Å². The van der Waals surface area contributed by atoms with E-state index in [2.05, 4.69) is 0 Å². The average molecular weight is 261 g/mol. The summed E-state index contributed by atoms with van der Waals surface area (Å²) in [6, 6.07) is 9.47. The summed E-state index contributed by atoms with van der Waals surface area (Å²) in [6.07, 6.45) is -0.00946. The van der Waals surface area contributed by atoms with Crippen molar-refractivity contribution in [1.82, 2.24) is 0 Å². The molecule has 0 aliphatic carbocycles. The summed E-state index contributed by atoms with van der Waals surface area (Å²) in [5.74, 6) is -2.53. The van der Waals surface area contributed by atoms with Crippen LogP contribution in [0.3, 0.4) is 0 Å². The Bertz CT molecular complexity index is 638. The van der Waals surface area contributed by atoms with Gasteiger partial charge < -0.3 is 5.73 Å². The molecule has 0 atom stereocenters. The summed E-state index contributed by atoms with van der Waals surface area (Å²) in [6.45, 7) is 1.45. The van der Waals surface area contributed by atoms with Crippen molar-refractivity contribution in [2.75, 3.05) is 5.73 Å². The molecule has 0 aliphatic rings. The lowest BCUT2D eigenvalue weighted by atomic mass is 10.0. The van der Waals surface area contributed by atoms with Crippen LogP contribution < -0.4 is 5.73 Å². The van der Waals surface area contributed by atoms with Crippen molar-refractivity contribution in [2.45, 2.75) is 13.3 Å². The van der Waals surface area contributed by atoms with Gasteiger partial charge in [0.15, 0.2) is 17.4 Å². The maximum Gasteiger partial charge on any atom is 0.170 e. The van der Waals surface area contributed by atoms with Gasteiger partial charge in [-0.15, -0.1) is 0 Å². The molecule has 0 heterocycles. The predicted molar refractivity (Wildman–Crippen MR) is 70.0 cm³/mol. The van der Waals surface area contributed by atoms with Crippen molar-refractivity contribution in [1.29, 1.82) is 0 Å². The first-order valence-electron chi connectivity index (χ1n) is 5.81. The summed E-state index contributed by atoms with van der Waals surface area (Å²) in [5, 5.41) is 0. The predicted octanol–water partition coefficient (Wildman–Crippen LogP) is 3.28. The fraction of sp³-hybridized carbons (Fsp3) is 0.133. The molecule has 0 aliphatic heterocycles. The van der Waals surface area contributed by atoms with Crippen molar-refractivity contribution in [2.24, 2.45) is 0 Å². The second-order valence-electron chi connectivity index (χ2n) is 4.40. The van der Waals surface area contributed by atoms with E-state index in [-0.39, 0.29) is 17.5 Å². The summed E-state index contributed by atoms with van der Waals surface area (Å²) in [4.78, 5) is 12.0. The Hall–Kier alpha value is -2.23. The summed E-state index contributed by atoms with van der Waals surface area (Å²) >= 11 is 0. The maximum absolute atomic E-state index is 13.7. The zero-order chi connectivity index (χ0) is 14.0. The number of hydrogen-bond acceptors (Lipinski definition) is 2. The quantitative estimate of drug-likeness (QED) is 0.680. The van der Waals surface area contributed by atoms with Gasteiger partial charge in [0, 0.05) is 12.1 Å². The van der Waals surface area contributed by atoms with Crippen LogP contribution in [0.15, 0.2) is 36.4 Å². The van der Waals surface area contributed by atoms with Gasteiger partial charge in [0.2, 0.25) is 0 Å². The molecule has 2 nitrogen and oxygen atoms in total. The van der Waals surface area contributed by atoms with E-state index in [0.29, 0.717) is 11.3 Å². The molecule has 0 aromatic heterocycles. The Morgan fingerprint density at radius 1 is 1.16 bits per heavy atom. The van der Waals surface area contributed by atoms with Gasteiger partial charge in [-0.2, -0.15) is 0 Å². The van der Waals surface area contributed by atoms with E-state index in [1.54, 1.807) is 24.3 Å². The number of carbonyl (C=O) groups is 1. The van der Waals surface area contributed by atoms with Crippen molar-refractivity contribution < 1.29 is 13.6 Å². The highest BCUT2D eigenvalue weighted by atomic mass is 19.2. The molecule has 0 radical (unpaired) electrons. The number of nitrogens with two attached hydrogens (primary N) is 1. The Balaban J connectivity index is 2.28. The molecule has 0 spiro atoms. The number of hydrogen-bond donors (Lipinski definition) is 1. The minimum absolute atomic E-state index is 0.00946. The van der Waals surface area contributed by atoms with Gasteiger partial charge in [0.25, 0.3) is 0 Å². The minimum Gasteiger partial charge on any atom is -0.399 e. The maximum atomic E-state index is 13.7. The number of anilines is 1. The molecule has 0 saturated carbocycles. The van der Waals surface area contributed by atoms with Gasteiger partial charge in [-0.25, -0.2) is 8.78 Å². The Kier molecular flexibility index (Phi) is 3.60. The first kappa shape index (κ1) is 13.2. The first-order valence-corrected chi connectivity index (χ1v) is 5.81. The molecule has 2 aromatic rings. The minimum atomic E-state index is -1.09. The fourth-order valence-corrected chi connectivity index (χ4v) is 1.85. The topological polar surface area (TPSA) is 43.1 Å². The molecular weight excluding hydrogens is 248 g/mol. The zero-order valence-electron chi connectivity index (χ0n) is 10.4. The van der Waals surface area contributed by atoms with Crippen LogP contribution in [-0.4, -0.2) is 5.78 Å². The van der Waals surface area contributed by atoms with E-state index < -0.39 is 17.4 Å². The van der Waals surface area contributed by atoms with Gasteiger partial charge in [0.05, 0.1) is 5.56 Å². The van der Waals surface area contributed by atoms with Crippen molar-refractivity contribution in [3.63, 3.8) is 0 Å². The van der Waals surface area contributed by atoms with E-state index in [4.69, 9.17) is 5.73 Å². The summed E-state index contributed by atoms with van der Waals surface area (Å²) < 4.78 is 27.1. The highest BCUT2D eigenvalue weighted by molar-refractivity contribution is 5.97. The van der Waals surface area contributed by atoms with E-state index in [9.17, 15) is 13.6 Å². The third-order valence-corrected chi connectivity index (χ3v) is 2.89. The van der Waals surface area contributed by atoms with Gasteiger partial charge in [-0.1, -0.05) is 18.2 Å². The van der Waals surface area contributed by atoms with E-state index >= 15 is 0 Å². The number of rotatable bonds is 3. The normalized spacial score (nSPS) is 10.5. The molecule has 0 bridgehead atoms. The number of aryl methyl sites for hydroxylation is 1. The van der Waals surface area contributed by atoms with Crippen LogP contribution in [0, 0.1) is 18.6 Å². The second kappa shape index (κ2) is 5.18. The van der Waals surface area contributed by atoms with Crippen molar-refractivity contribution in [3.8, 4) is 0 Å². The molecule has 0 amide bonds. The Morgan fingerprint density at radius 3 is 2.58 bits per heavy atom. The molecule has 98 valence electrons. The number of benzene rings is 2. The molecular formula is C15H13F2NO. The number of nitrogen functional groups attached to an aromatic ring is 1. The average Bonchev–Trinajstić information content (AvgIpc) is 2.36. The van der Waals surface area contributed by atoms with Gasteiger partial charge in [0.1, 0.15) is 0 Å². The smallest absolute Gasteiger partial charge is 0.170 e. The lowest BCUT2D eigenvalue weighted by Gasteiger charge is -2.06. The summed E-state index contributed by atoms with van der Waals surface area (Å²) in [5.41, 5.74) is 6.75. The highest BCUT2D eigenvalue weighted by Crippen LogP contribution is 2.18. The van der Waals surface area contributed by atoms with E-state index in [1.807, 2.05) is 0 Å². The van der Waals surface area contributed by atoms with Crippen LogP contribution in [0.2, 0.25) is 0 Å². The first-order chi connectivity index (χ1) is 8.99. The fourth-order valence-electron chi connectivity index (χ4n) is 1.85. The van der Waals surface area contributed by atoms with Crippen LogP contribution in [0.5, 0.6) is 0 Å². The van der Waals surface area contributed by atoms with Crippen molar-refractivity contribution >= 4 is 11.5 Å².